The maximum atomic E-state index is 6.13. The summed E-state index contributed by atoms with van der Waals surface area (Å²) in [7, 11) is 0. The molecule has 0 unspecified atom stereocenters. The molecule has 0 fully saturated rings. The molecule has 0 saturated carbocycles. The number of halogens is 1. The first-order chi connectivity index (χ1) is 9.34. The monoisotopic (exact) mass is 268 g/mol. The van der Waals surface area contributed by atoms with Crippen molar-refractivity contribution in [2.45, 2.75) is 6.54 Å². The fourth-order valence-corrected chi connectivity index (χ4v) is 2.31. The van der Waals surface area contributed by atoms with E-state index in [1.807, 2.05) is 54.7 Å². The van der Waals surface area contributed by atoms with Crippen LogP contribution >= 0.6 is 11.6 Å². The molecule has 0 aliphatic carbocycles. The van der Waals surface area contributed by atoms with E-state index in [-0.39, 0.29) is 0 Å². The zero-order chi connectivity index (χ0) is 13.1. The molecule has 2 aromatic carbocycles. The van der Waals surface area contributed by atoms with Gasteiger partial charge < -0.3 is 5.32 Å². The summed E-state index contributed by atoms with van der Waals surface area (Å²) >= 11 is 6.13. The Balaban J connectivity index is 1.88. The Labute approximate surface area is 117 Å². The van der Waals surface area contributed by atoms with Crippen LogP contribution in [-0.4, -0.2) is 4.98 Å². The SMILES string of the molecule is Clc1ccccc1NCc1ccnc2ccccc12. The highest BCUT2D eigenvalue weighted by Gasteiger charge is 2.02. The Morgan fingerprint density at radius 3 is 2.63 bits per heavy atom. The highest BCUT2D eigenvalue weighted by atomic mass is 35.5. The molecule has 0 spiro atoms. The van der Waals surface area contributed by atoms with Gasteiger partial charge in [0.05, 0.1) is 16.2 Å². The van der Waals surface area contributed by atoms with Gasteiger partial charge in [0, 0.05) is 18.1 Å². The number of aromatic nitrogens is 1. The summed E-state index contributed by atoms with van der Waals surface area (Å²) in [6, 6.07) is 17.9. The zero-order valence-electron chi connectivity index (χ0n) is 10.3. The first kappa shape index (κ1) is 12.0. The Morgan fingerprint density at radius 2 is 1.74 bits per heavy atom. The van der Waals surface area contributed by atoms with Crippen LogP contribution in [0, 0.1) is 0 Å². The zero-order valence-corrected chi connectivity index (χ0v) is 11.1. The lowest BCUT2D eigenvalue weighted by Crippen LogP contribution is -2.00. The van der Waals surface area contributed by atoms with E-state index in [0.717, 1.165) is 22.8 Å². The van der Waals surface area contributed by atoms with Crippen LogP contribution in [0.1, 0.15) is 5.56 Å². The minimum Gasteiger partial charge on any atom is -0.380 e. The van der Waals surface area contributed by atoms with Gasteiger partial charge in [0.25, 0.3) is 0 Å². The second kappa shape index (κ2) is 5.29. The number of para-hydroxylation sites is 2. The minimum atomic E-state index is 0.729. The summed E-state index contributed by atoms with van der Waals surface area (Å²) in [6.07, 6.45) is 1.84. The summed E-state index contributed by atoms with van der Waals surface area (Å²) in [6.45, 7) is 0.729. The standard InChI is InChI=1S/C16H13ClN2/c17-14-6-2-4-8-16(14)19-11-12-9-10-18-15-7-3-1-5-13(12)15/h1-10,19H,11H2. The van der Waals surface area contributed by atoms with Crippen molar-refractivity contribution in [3.8, 4) is 0 Å². The van der Waals surface area contributed by atoms with Crippen molar-refractivity contribution in [3.63, 3.8) is 0 Å². The first-order valence-electron chi connectivity index (χ1n) is 6.15. The van der Waals surface area contributed by atoms with E-state index < -0.39 is 0 Å². The molecule has 1 aromatic heterocycles. The number of nitrogens with zero attached hydrogens (tertiary/aromatic N) is 1. The number of rotatable bonds is 3. The first-order valence-corrected chi connectivity index (χ1v) is 6.53. The van der Waals surface area contributed by atoms with Crippen molar-refractivity contribution >= 4 is 28.2 Å². The molecule has 3 aromatic rings. The number of anilines is 1. The molecule has 94 valence electrons. The molecule has 0 aliphatic rings. The van der Waals surface area contributed by atoms with Crippen LogP contribution in [0.3, 0.4) is 0 Å². The quantitative estimate of drug-likeness (QED) is 0.756. The van der Waals surface area contributed by atoms with Crippen molar-refractivity contribution < 1.29 is 0 Å². The van der Waals surface area contributed by atoms with Gasteiger partial charge in [0.15, 0.2) is 0 Å². The van der Waals surface area contributed by atoms with E-state index in [4.69, 9.17) is 11.6 Å². The third-order valence-electron chi connectivity index (χ3n) is 3.08. The van der Waals surface area contributed by atoms with E-state index >= 15 is 0 Å². The molecule has 1 N–H and O–H groups in total. The topological polar surface area (TPSA) is 24.9 Å². The van der Waals surface area contributed by atoms with Gasteiger partial charge in [0.2, 0.25) is 0 Å². The van der Waals surface area contributed by atoms with Gasteiger partial charge in [-0.25, -0.2) is 0 Å². The van der Waals surface area contributed by atoms with Gasteiger partial charge in [-0.05, 0) is 29.8 Å². The van der Waals surface area contributed by atoms with Gasteiger partial charge >= 0.3 is 0 Å². The second-order valence-corrected chi connectivity index (χ2v) is 4.73. The number of fused-ring (bicyclic) bond motifs is 1. The van der Waals surface area contributed by atoms with Gasteiger partial charge in [-0.1, -0.05) is 41.9 Å². The number of nitrogens with one attached hydrogen (secondary N) is 1. The summed E-state index contributed by atoms with van der Waals surface area (Å²) in [5.41, 5.74) is 3.18. The van der Waals surface area contributed by atoms with Crippen molar-refractivity contribution in [2.24, 2.45) is 0 Å². The van der Waals surface area contributed by atoms with E-state index in [1.165, 1.54) is 10.9 Å². The Bertz CT molecular complexity index is 704. The highest BCUT2D eigenvalue weighted by molar-refractivity contribution is 6.33. The van der Waals surface area contributed by atoms with Crippen LogP contribution in [0.4, 0.5) is 5.69 Å². The van der Waals surface area contributed by atoms with Crippen molar-refractivity contribution in [1.29, 1.82) is 0 Å². The van der Waals surface area contributed by atoms with Crippen molar-refractivity contribution in [1.82, 2.24) is 4.98 Å². The maximum absolute atomic E-state index is 6.13. The Kier molecular flexibility index (Phi) is 3.34. The minimum absolute atomic E-state index is 0.729. The highest BCUT2D eigenvalue weighted by Crippen LogP contribution is 2.22. The summed E-state index contributed by atoms with van der Waals surface area (Å²) in [5, 5.41) is 5.27. The van der Waals surface area contributed by atoms with Gasteiger partial charge in [0.1, 0.15) is 0 Å². The van der Waals surface area contributed by atoms with Crippen molar-refractivity contribution in [3.05, 3.63) is 71.4 Å². The maximum Gasteiger partial charge on any atom is 0.0705 e. The number of hydrogen-bond acceptors (Lipinski definition) is 2. The fraction of sp³-hybridized carbons (Fsp3) is 0.0625. The van der Waals surface area contributed by atoms with Crippen molar-refractivity contribution in [2.75, 3.05) is 5.32 Å². The molecule has 0 bridgehead atoms. The lowest BCUT2D eigenvalue weighted by atomic mass is 10.1. The van der Waals surface area contributed by atoms with Gasteiger partial charge in [-0.2, -0.15) is 0 Å². The molecule has 0 aliphatic heterocycles. The Morgan fingerprint density at radius 1 is 0.947 bits per heavy atom. The molecule has 0 amide bonds. The predicted octanol–water partition coefficient (Wildman–Crippen LogP) is 4.50. The van der Waals surface area contributed by atoms with E-state index in [1.54, 1.807) is 0 Å². The predicted molar refractivity (Wildman–Crippen MR) is 80.5 cm³/mol. The van der Waals surface area contributed by atoms with Gasteiger partial charge in [-0.15, -0.1) is 0 Å². The average molecular weight is 269 g/mol. The molecule has 0 radical (unpaired) electrons. The summed E-state index contributed by atoms with van der Waals surface area (Å²) in [4.78, 5) is 4.36. The number of benzene rings is 2. The summed E-state index contributed by atoms with van der Waals surface area (Å²) in [5.74, 6) is 0. The largest absolute Gasteiger partial charge is 0.380 e. The molecule has 19 heavy (non-hydrogen) atoms. The van der Waals surface area contributed by atoms with Crippen LogP contribution in [0.25, 0.3) is 10.9 Å². The molecular weight excluding hydrogens is 256 g/mol. The lowest BCUT2D eigenvalue weighted by molar-refractivity contribution is 1.16. The summed E-state index contributed by atoms with van der Waals surface area (Å²) < 4.78 is 0. The molecular formula is C16H13ClN2. The molecule has 1 heterocycles. The third kappa shape index (κ3) is 2.54. The molecule has 2 nitrogen and oxygen atoms in total. The van der Waals surface area contributed by atoms with Crippen LogP contribution in [0.15, 0.2) is 60.8 Å². The van der Waals surface area contributed by atoms with E-state index in [0.29, 0.717) is 0 Å². The van der Waals surface area contributed by atoms with Gasteiger partial charge in [-0.3, -0.25) is 4.98 Å². The molecule has 3 rings (SSSR count). The van der Waals surface area contributed by atoms with Crippen LogP contribution in [0.5, 0.6) is 0 Å². The molecule has 3 heteroatoms. The average Bonchev–Trinajstić information content (AvgIpc) is 2.46. The normalized spacial score (nSPS) is 10.6. The van der Waals surface area contributed by atoms with E-state index in [9.17, 15) is 0 Å². The number of hydrogen-bond donors (Lipinski definition) is 1. The van der Waals surface area contributed by atoms with E-state index in [2.05, 4.69) is 16.4 Å². The fourth-order valence-electron chi connectivity index (χ4n) is 2.10. The third-order valence-corrected chi connectivity index (χ3v) is 3.41. The lowest BCUT2D eigenvalue weighted by Gasteiger charge is -2.10. The number of pyridine rings is 1. The second-order valence-electron chi connectivity index (χ2n) is 4.32. The van der Waals surface area contributed by atoms with Crippen LogP contribution in [-0.2, 0) is 6.54 Å². The molecule has 0 saturated heterocycles. The molecule has 0 atom stereocenters. The smallest absolute Gasteiger partial charge is 0.0705 e. The van der Waals surface area contributed by atoms with Crippen LogP contribution < -0.4 is 5.32 Å². The van der Waals surface area contributed by atoms with Crippen LogP contribution in [0.2, 0.25) is 5.02 Å². The Hall–Kier alpha value is -2.06.